The van der Waals surface area contributed by atoms with Gasteiger partial charge in [0.2, 0.25) is 11.1 Å². The maximum absolute atomic E-state index is 10.6. The molecule has 0 aliphatic heterocycles. The molecule has 0 unspecified atom stereocenters. The Morgan fingerprint density at radius 3 is 2.86 bits per heavy atom. The largest absolute Gasteiger partial charge is 0.354 e. The minimum atomic E-state index is -0.530. The van der Waals surface area contributed by atoms with Gasteiger partial charge in [-0.05, 0) is 18.5 Å². The van der Waals surface area contributed by atoms with Crippen molar-refractivity contribution in [3.63, 3.8) is 0 Å². The molecular weight excluding hydrogens is 208 g/mol. The number of hydrogen-bond donors (Lipinski definition) is 0. The van der Waals surface area contributed by atoms with Crippen molar-refractivity contribution in [2.45, 2.75) is 6.92 Å². The Bertz CT molecular complexity index is 358. The Morgan fingerprint density at radius 1 is 1.71 bits per heavy atom. The molecule has 0 radical (unpaired) electrons. The van der Waals surface area contributed by atoms with Gasteiger partial charge in [0.1, 0.15) is 6.20 Å². The van der Waals surface area contributed by atoms with Crippen molar-refractivity contribution in [3.8, 4) is 0 Å². The molecule has 1 aromatic rings. The van der Waals surface area contributed by atoms with Gasteiger partial charge in [0.25, 0.3) is 0 Å². The van der Waals surface area contributed by atoms with Crippen molar-refractivity contribution in [2.75, 3.05) is 18.5 Å². The van der Waals surface area contributed by atoms with E-state index < -0.39 is 4.92 Å². The van der Waals surface area contributed by atoms with Gasteiger partial charge in [-0.3, -0.25) is 10.1 Å². The van der Waals surface area contributed by atoms with E-state index in [0.29, 0.717) is 6.54 Å². The lowest BCUT2D eigenvalue weighted by Gasteiger charge is -2.14. The molecule has 14 heavy (non-hydrogen) atoms. The number of anilines is 1. The lowest BCUT2D eigenvalue weighted by molar-refractivity contribution is -0.384. The van der Waals surface area contributed by atoms with Gasteiger partial charge < -0.3 is 4.90 Å². The van der Waals surface area contributed by atoms with Crippen molar-refractivity contribution in [1.82, 2.24) is 9.97 Å². The van der Waals surface area contributed by atoms with E-state index >= 15 is 0 Å². The predicted octanol–water partition coefficient (Wildman–Crippen LogP) is 1.49. The van der Waals surface area contributed by atoms with Crippen molar-refractivity contribution in [1.29, 1.82) is 0 Å². The highest BCUT2D eigenvalue weighted by Crippen LogP contribution is 2.24. The van der Waals surface area contributed by atoms with Crippen LogP contribution < -0.4 is 4.90 Å². The topological polar surface area (TPSA) is 72.2 Å². The fraction of sp³-hybridized carbons (Fsp3) is 0.429. The first-order valence-electron chi connectivity index (χ1n) is 3.94. The molecule has 6 nitrogen and oxygen atoms in total. The van der Waals surface area contributed by atoms with Crippen molar-refractivity contribution < 1.29 is 4.92 Å². The van der Waals surface area contributed by atoms with Crippen LogP contribution in [0.25, 0.3) is 0 Å². The Morgan fingerprint density at radius 2 is 2.36 bits per heavy atom. The van der Waals surface area contributed by atoms with Crippen LogP contribution in [0.2, 0.25) is 5.28 Å². The first-order chi connectivity index (χ1) is 6.56. The van der Waals surface area contributed by atoms with Gasteiger partial charge in [-0.15, -0.1) is 0 Å². The van der Waals surface area contributed by atoms with Gasteiger partial charge >= 0.3 is 5.69 Å². The van der Waals surface area contributed by atoms with Gasteiger partial charge in [0.15, 0.2) is 0 Å². The summed E-state index contributed by atoms with van der Waals surface area (Å²) >= 11 is 5.55. The summed E-state index contributed by atoms with van der Waals surface area (Å²) in [5, 5.41) is 10.6. The minimum absolute atomic E-state index is 0.00546. The number of hydrogen-bond acceptors (Lipinski definition) is 5. The number of aromatic nitrogens is 2. The highest BCUT2D eigenvalue weighted by molar-refractivity contribution is 6.28. The molecule has 0 saturated carbocycles. The average Bonchev–Trinajstić information content (AvgIpc) is 2.16. The van der Waals surface area contributed by atoms with Crippen LogP contribution in [0.3, 0.4) is 0 Å². The van der Waals surface area contributed by atoms with Gasteiger partial charge in [0, 0.05) is 13.6 Å². The van der Waals surface area contributed by atoms with Crippen molar-refractivity contribution in [3.05, 3.63) is 21.6 Å². The second kappa shape index (κ2) is 4.19. The second-order valence-corrected chi connectivity index (χ2v) is 2.96. The smallest absolute Gasteiger partial charge is 0.329 e. The third-order valence-corrected chi connectivity index (χ3v) is 1.94. The number of halogens is 1. The van der Waals surface area contributed by atoms with Crippen molar-refractivity contribution >= 4 is 23.1 Å². The lowest BCUT2D eigenvalue weighted by atomic mass is 10.4. The van der Waals surface area contributed by atoms with Crippen LogP contribution in [0.1, 0.15) is 6.92 Å². The summed E-state index contributed by atoms with van der Waals surface area (Å²) in [5.74, 6) is 0.234. The highest BCUT2D eigenvalue weighted by atomic mass is 35.5. The summed E-state index contributed by atoms with van der Waals surface area (Å²) in [5.41, 5.74) is -0.140. The van der Waals surface area contributed by atoms with Crippen molar-refractivity contribution in [2.24, 2.45) is 0 Å². The first-order valence-corrected chi connectivity index (χ1v) is 4.32. The maximum atomic E-state index is 10.6. The molecule has 1 aromatic heterocycles. The zero-order valence-electron chi connectivity index (χ0n) is 7.77. The molecule has 0 aromatic carbocycles. The maximum Gasteiger partial charge on any atom is 0.329 e. The summed E-state index contributed by atoms with van der Waals surface area (Å²) in [6.45, 7) is 2.47. The second-order valence-electron chi connectivity index (χ2n) is 2.62. The third-order valence-electron chi connectivity index (χ3n) is 1.75. The Hall–Kier alpha value is -1.43. The standard InChI is InChI=1S/C7H9ClN4O2/c1-3-11(2)6-5(12(13)14)4-9-7(8)10-6/h4H,3H2,1-2H3. The predicted molar refractivity (Wildman–Crippen MR) is 52.6 cm³/mol. The van der Waals surface area contributed by atoms with Gasteiger partial charge in [-0.25, -0.2) is 4.98 Å². The molecule has 7 heteroatoms. The van der Waals surface area contributed by atoms with Gasteiger partial charge in [-0.1, -0.05) is 0 Å². The monoisotopic (exact) mass is 216 g/mol. The lowest BCUT2D eigenvalue weighted by Crippen LogP contribution is -2.19. The summed E-state index contributed by atoms with van der Waals surface area (Å²) < 4.78 is 0. The molecule has 0 aliphatic rings. The zero-order chi connectivity index (χ0) is 10.7. The first kappa shape index (κ1) is 10.6. The fourth-order valence-corrected chi connectivity index (χ4v) is 1.03. The summed E-state index contributed by atoms with van der Waals surface area (Å²) in [7, 11) is 1.70. The van der Waals surface area contributed by atoms with E-state index in [0.717, 1.165) is 6.20 Å². The molecule has 0 amide bonds. The minimum Gasteiger partial charge on any atom is -0.354 e. The molecule has 0 atom stereocenters. The summed E-state index contributed by atoms with van der Waals surface area (Å²) in [4.78, 5) is 19.1. The Balaban J connectivity index is 3.22. The van der Waals surface area contributed by atoms with E-state index in [2.05, 4.69) is 9.97 Å². The molecule has 0 saturated heterocycles. The van der Waals surface area contributed by atoms with E-state index in [4.69, 9.17) is 11.6 Å². The number of nitrogens with zero attached hydrogens (tertiary/aromatic N) is 4. The quantitative estimate of drug-likeness (QED) is 0.435. The van der Waals surface area contributed by atoms with Crippen LogP contribution >= 0.6 is 11.6 Å². The van der Waals surface area contributed by atoms with Crippen LogP contribution in [0, 0.1) is 10.1 Å². The average molecular weight is 217 g/mol. The molecule has 1 rings (SSSR count). The van der Waals surface area contributed by atoms with Crippen LogP contribution in [0.5, 0.6) is 0 Å². The zero-order valence-corrected chi connectivity index (χ0v) is 8.52. The molecule has 0 fully saturated rings. The molecule has 0 N–H and O–H groups in total. The molecule has 0 aliphatic carbocycles. The van der Waals surface area contributed by atoms with Crippen LogP contribution in [-0.4, -0.2) is 28.5 Å². The third kappa shape index (κ3) is 2.08. The van der Waals surface area contributed by atoms with Crippen LogP contribution in [0.15, 0.2) is 6.20 Å². The molecule has 76 valence electrons. The SMILES string of the molecule is CCN(C)c1nc(Cl)ncc1[N+](=O)[O-]. The Labute approximate surface area is 85.7 Å². The van der Waals surface area contributed by atoms with E-state index in [9.17, 15) is 10.1 Å². The summed E-state index contributed by atoms with van der Waals surface area (Å²) in [6, 6.07) is 0. The normalized spacial score (nSPS) is 9.93. The molecule has 0 bridgehead atoms. The van der Waals surface area contributed by atoms with Crippen LogP contribution in [0.4, 0.5) is 11.5 Å². The van der Waals surface area contributed by atoms with E-state index in [-0.39, 0.29) is 16.8 Å². The Kier molecular flexibility index (Phi) is 3.19. The van der Waals surface area contributed by atoms with Gasteiger partial charge in [-0.2, -0.15) is 4.98 Å². The molecular formula is C7H9ClN4O2. The van der Waals surface area contributed by atoms with Crippen LogP contribution in [-0.2, 0) is 0 Å². The van der Waals surface area contributed by atoms with E-state index in [1.54, 1.807) is 11.9 Å². The molecule has 1 heterocycles. The fourth-order valence-electron chi connectivity index (χ4n) is 0.905. The van der Waals surface area contributed by atoms with E-state index in [1.165, 1.54) is 0 Å². The van der Waals surface area contributed by atoms with Gasteiger partial charge in [0.05, 0.1) is 4.92 Å². The highest BCUT2D eigenvalue weighted by Gasteiger charge is 2.19. The number of nitro groups is 1. The number of rotatable bonds is 3. The van der Waals surface area contributed by atoms with E-state index in [1.807, 2.05) is 6.92 Å². The molecule has 0 spiro atoms. The summed E-state index contributed by atoms with van der Waals surface area (Å²) in [6.07, 6.45) is 1.11.